The van der Waals surface area contributed by atoms with E-state index in [9.17, 15) is 0 Å². The van der Waals surface area contributed by atoms with Crippen molar-refractivity contribution >= 4 is 11.8 Å². The van der Waals surface area contributed by atoms with Gasteiger partial charge in [0, 0.05) is 5.54 Å². The van der Waals surface area contributed by atoms with E-state index in [4.69, 9.17) is 0 Å². The van der Waals surface area contributed by atoms with Gasteiger partial charge in [0.15, 0.2) is 0 Å². The zero-order chi connectivity index (χ0) is 12.4. The summed E-state index contributed by atoms with van der Waals surface area (Å²) < 4.78 is 0. The van der Waals surface area contributed by atoms with Gasteiger partial charge < -0.3 is 5.32 Å². The van der Waals surface area contributed by atoms with E-state index in [1.165, 1.54) is 43.7 Å². The SMILES string of the molecule is CCCC(CCCSCC)CNC(C)(C)C. The van der Waals surface area contributed by atoms with Gasteiger partial charge in [-0.25, -0.2) is 0 Å². The minimum Gasteiger partial charge on any atom is -0.312 e. The van der Waals surface area contributed by atoms with E-state index in [2.05, 4.69) is 51.7 Å². The highest BCUT2D eigenvalue weighted by molar-refractivity contribution is 7.99. The van der Waals surface area contributed by atoms with Crippen molar-refractivity contribution in [1.29, 1.82) is 0 Å². The van der Waals surface area contributed by atoms with Gasteiger partial charge in [-0.2, -0.15) is 11.8 Å². The Morgan fingerprint density at radius 1 is 1.12 bits per heavy atom. The predicted octanol–water partition coefficient (Wildman–Crippen LogP) is 4.32. The van der Waals surface area contributed by atoms with Crippen LogP contribution in [0.3, 0.4) is 0 Å². The summed E-state index contributed by atoms with van der Waals surface area (Å²) in [4.78, 5) is 0. The van der Waals surface area contributed by atoms with Gasteiger partial charge in [-0.3, -0.25) is 0 Å². The number of hydrogen-bond acceptors (Lipinski definition) is 2. The Balaban J connectivity index is 3.70. The van der Waals surface area contributed by atoms with Crippen LogP contribution < -0.4 is 5.32 Å². The van der Waals surface area contributed by atoms with Gasteiger partial charge in [0.2, 0.25) is 0 Å². The topological polar surface area (TPSA) is 12.0 Å². The summed E-state index contributed by atoms with van der Waals surface area (Å²) in [5.41, 5.74) is 0.268. The molecule has 0 bridgehead atoms. The number of hydrogen-bond donors (Lipinski definition) is 1. The lowest BCUT2D eigenvalue weighted by Crippen LogP contribution is -2.39. The van der Waals surface area contributed by atoms with E-state index in [-0.39, 0.29) is 5.54 Å². The Kier molecular flexibility index (Phi) is 9.53. The Morgan fingerprint density at radius 3 is 2.31 bits per heavy atom. The Labute approximate surface area is 107 Å². The summed E-state index contributed by atoms with van der Waals surface area (Å²) in [7, 11) is 0. The molecule has 0 saturated heterocycles. The van der Waals surface area contributed by atoms with E-state index in [1.807, 2.05) is 0 Å². The van der Waals surface area contributed by atoms with Gasteiger partial charge in [-0.1, -0.05) is 20.3 Å². The quantitative estimate of drug-likeness (QED) is 0.607. The lowest BCUT2D eigenvalue weighted by molar-refractivity contribution is 0.342. The molecule has 0 radical (unpaired) electrons. The molecule has 1 atom stereocenters. The summed E-state index contributed by atoms with van der Waals surface area (Å²) >= 11 is 2.07. The molecule has 1 unspecified atom stereocenters. The molecule has 0 aromatic heterocycles. The minimum atomic E-state index is 0.268. The first-order valence-electron chi connectivity index (χ1n) is 6.82. The monoisotopic (exact) mass is 245 g/mol. The molecule has 16 heavy (non-hydrogen) atoms. The zero-order valence-corrected chi connectivity index (χ0v) is 12.8. The van der Waals surface area contributed by atoms with Gasteiger partial charge in [0.05, 0.1) is 0 Å². The predicted molar refractivity (Wildman–Crippen MR) is 78.4 cm³/mol. The van der Waals surface area contributed by atoms with Crippen molar-refractivity contribution < 1.29 is 0 Å². The van der Waals surface area contributed by atoms with Crippen LogP contribution in [0, 0.1) is 5.92 Å². The Bertz CT molecular complexity index is 151. The van der Waals surface area contributed by atoms with Crippen molar-refractivity contribution in [1.82, 2.24) is 5.32 Å². The van der Waals surface area contributed by atoms with E-state index < -0.39 is 0 Å². The second-order valence-electron chi connectivity index (χ2n) is 5.62. The molecule has 2 heteroatoms. The van der Waals surface area contributed by atoms with E-state index >= 15 is 0 Å². The molecular weight excluding hydrogens is 214 g/mol. The molecule has 0 aliphatic rings. The van der Waals surface area contributed by atoms with E-state index in [0.717, 1.165) is 5.92 Å². The molecule has 1 nitrogen and oxygen atoms in total. The maximum absolute atomic E-state index is 3.64. The second-order valence-corrected chi connectivity index (χ2v) is 7.02. The molecule has 0 aromatic rings. The number of nitrogens with one attached hydrogen (secondary N) is 1. The molecule has 0 aliphatic heterocycles. The van der Waals surface area contributed by atoms with Gasteiger partial charge >= 0.3 is 0 Å². The molecule has 0 fully saturated rings. The van der Waals surface area contributed by atoms with Gasteiger partial charge in [0.1, 0.15) is 0 Å². The van der Waals surface area contributed by atoms with Gasteiger partial charge in [-0.15, -0.1) is 0 Å². The second kappa shape index (κ2) is 9.35. The first-order valence-corrected chi connectivity index (χ1v) is 7.97. The van der Waals surface area contributed by atoms with Crippen molar-refractivity contribution in [2.45, 2.75) is 65.8 Å². The molecule has 0 rings (SSSR count). The third-order valence-electron chi connectivity index (χ3n) is 2.72. The fraction of sp³-hybridized carbons (Fsp3) is 1.00. The molecule has 0 aliphatic carbocycles. The van der Waals surface area contributed by atoms with Gasteiger partial charge in [0.25, 0.3) is 0 Å². The fourth-order valence-corrected chi connectivity index (χ4v) is 2.49. The molecule has 0 amide bonds. The largest absolute Gasteiger partial charge is 0.312 e. The average Bonchev–Trinajstić information content (AvgIpc) is 2.19. The summed E-state index contributed by atoms with van der Waals surface area (Å²) in [6.45, 7) is 12.5. The van der Waals surface area contributed by atoms with Crippen LogP contribution in [0.15, 0.2) is 0 Å². The van der Waals surface area contributed by atoms with Crippen molar-refractivity contribution in [3.05, 3.63) is 0 Å². The van der Waals surface area contributed by atoms with Crippen molar-refractivity contribution in [3.8, 4) is 0 Å². The third-order valence-corrected chi connectivity index (χ3v) is 3.71. The average molecular weight is 245 g/mol. The van der Waals surface area contributed by atoms with Crippen LogP contribution >= 0.6 is 11.8 Å². The maximum atomic E-state index is 3.64. The standard InChI is InChI=1S/C14H31NS/c1-6-9-13(10-8-11-16-7-2)12-15-14(3,4)5/h13,15H,6-12H2,1-5H3. The summed E-state index contributed by atoms with van der Waals surface area (Å²) in [6, 6.07) is 0. The van der Waals surface area contributed by atoms with Crippen LogP contribution in [-0.4, -0.2) is 23.6 Å². The van der Waals surface area contributed by atoms with Crippen molar-refractivity contribution in [2.24, 2.45) is 5.92 Å². The first-order chi connectivity index (χ1) is 7.49. The smallest absolute Gasteiger partial charge is 0.00966 e. The molecule has 98 valence electrons. The highest BCUT2D eigenvalue weighted by atomic mass is 32.2. The van der Waals surface area contributed by atoms with Gasteiger partial charge in [-0.05, 0) is 64.0 Å². The first kappa shape index (κ1) is 16.3. The Morgan fingerprint density at radius 2 is 1.81 bits per heavy atom. The lowest BCUT2D eigenvalue weighted by atomic mass is 9.97. The minimum absolute atomic E-state index is 0.268. The number of thioether (sulfide) groups is 1. The lowest BCUT2D eigenvalue weighted by Gasteiger charge is -2.25. The van der Waals surface area contributed by atoms with E-state index in [1.54, 1.807) is 0 Å². The van der Waals surface area contributed by atoms with Crippen LogP contribution in [-0.2, 0) is 0 Å². The molecule has 0 spiro atoms. The fourth-order valence-electron chi connectivity index (χ4n) is 1.83. The van der Waals surface area contributed by atoms with Crippen LogP contribution in [0.25, 0.3) is 0 Å². The van der Waals surface area contributed by atoms with E-state index in [0.29, 0.717) is 0 Å². The van der Waals surface area contributed by atoms with Crippen LogP contribution in [0.4, 0.5) is 0 Å². The van der Waals surface area contributed by atoms with Crippen molar-refractivity contribution in [3.63, 3.8) is 0 Å². The molecule has 0 aromatic carbocycles. The summed E-state index contributed by atoms with van der Waals surface area (Å²) in [5, 5.41) is 3.64. The summed E-state index contributed by atoms with van der Waals surface area (Å²) in [6.07, 6.45) is 5.47. The maximum Gasteiger partial charge on any atom is 0.00966 e. The van der Waals surface area contributed by atoms with Crippen LogP contribution in [0.5, 0.6) is 0 Å². The normalized spacial score (nSPS) is 14.1. The zero-order valence-electron chi connectivity index (χ0n) is 11.9. The highest BCUT2D eigenvalue weighted by Gasteiger charge is 2.13. The highest BCUT2D eigenvalue weighted by Crippen LogP contribution is 2.16. The Hall–Kier alpha value is 0.310. The summed E-state index contributed by atoms with van der Waals surface area (Å²) in [5.74, 6) is 3.48. The third kappa shape index (κ3) is 10.8. The van der Waals surface area contributed by atoms with Crippen molar-refractivity contribution in [2.75, 3.05) is 18.1 Å². The van der Waals surface area contributed by atoms with Crippen LogP contribution in [0.1, 0.15) is 60.3 Å². The molecule has 0 heterocycles. The molecule has 1 N–H and O–H groups in total. The molecular formula is C14H31NS. The number of rotatable bonds is 9. The van der Waals surface area contributed by atoms with Crippen LogP contribution in [0.2, 0.25) is 0 Å². The molecule has 0 saturated carbocycles.